The molecule has 2 aromatic carbocycles. The van der Waals surface area contributed by atoms with Crippen LogP contribution < -0.4 is 11.5 Å². The molecule has 0 radical (unpaired) electrons. The van der Waals surface area contributed by atoms with Gasteiger partial charge in [-0.3, -0.25) is 0 Å². The van der Waals surface area contributed by atoms with Crippen LogP contribution in [-0.2, 0) is 5.41 Å². The first-order valence-corrected chi connectivity index (χ1v) is 6.37. The molecule has 0 bridgehead atoms. The maximum Gasteiger partial charge on any atom is 0.194 e. The van der Waals surface area contributed by atoms with E-state index in [1.54, 1.807) is 0 Å². The van der Waals surface area contributed by atoms with Gasteiger partial charge in [-0.25, -0.2) is 26.3 Å². The fourth-order valence-corrected chi connectivity index (χ4v) is 2.62. The van der Waals surface area contributed by atoms with Gasteiger partial charge in [-0.1, -0.05) is 13.8 Å². The highest BCUT2D eigenvalue weighted by Gasteiger charge is 2.37. The van der Waals surface area contributed by atoms with E-state index in [0.717, 1.165) is 0 Å². The number of nitrogens with two attached hydrogens (primary N) is 2. The summed E-state index contributed by atoms with van der Waals surface area (Å²) in [5.74, 6) is -10.0. The van der Waals surface area contributed by atoms with Crippen molar-refractivity contribution in [1.82, 2.24) is 0 Å². The molecule has 0 amide bonds. The lowest BCUT2D eigenvalue weighted by atomic mass is 9.75. The second kappa shape index (κ2) is 5.36. The van der Waals surface area contributed by atoms with Crippen molar-refractivity contribution in [1.29, 1.82) is 0 Å². The van der Waals surface area contributed by atoms with Gasteiger partial charge in [0.15, 0.2) is 34.9 Å². The van der Waals surface area contributed by atoms with Gasteiger partial charge in [0.05, 0.1) is 0 Å². The maximum absolute atomic E-state index is 14.1. The molecule has 8 heteroatoms. The standard InChI is InChI=1S/C15H12F6N2/c1-15(2,9-7(22)3-5(16)11(18)13(9)20)10-8(23)4-6(17)12(19)14(10)21/h3-4H,22-23H2,1-2H3. The molecular weight excluding hydrogens is 322 g/mol. The van der Waals surface area contributed by atoms with E-state index in [9.17, 15) is 26.3 Å². The molecule has 2 nitrogen and oxygen atoms in total. The van der Waals surface area contributed by atoms with E-state index in [1.165, 1.54) is 13.8 Å². The molecule has 0 unspecified atom stereocenters. The summed E-state index contributed by atoms with van der Waals surface area (Å²) in [5, 5.41) is 0. The van der Waals surface area contributed by atoms with Gasteiger partial charge in [0.2, 0.25) is 0 Å². The van der Waals surface area contributed by atoms with E-state index in [-0.39, 0.29) is 0 Å². The highest BCUT2D eigenvalue weighted by atomic mass is 19.2. The average molecular weight is 334 g/mol. The Morgan fingerprint density at radius 2 is 0.957 bits per heavy atom. The molecule has 124 valence electrons. The van der Waals surface area contributed by atoms with Gasteiger partial charge in [0.1, 0.15) is 0 Å². The lowest BCUT2D eigenvalue weighted by Gasteiger charge is -2.29. The number of nitrogen functional groups attached to an aromatic ring is 2. The van der Waals surface area contributed by atoms with Crippen molar-refractivity contribution < 1.29 is 26.3 Å². The van der Waals surface area contributed by atoms with Crippen molar-refractivity contribution in [2.45, 2.75) is 19.3 Å². The zero-order valence-electron chi connectivity index (χ0n) is 12.1. The Hall–Kier alpha value is -2.38. The van der Waals surface area contributed by atoms with Gasteiger partial charge in [0, 0.05) is 40.0 Å². The molecule has 0 saturated carbocycles. The van der Waals surface area contributed by atoms with Crippen LogP contribution in [0.1, 0.15) is 25.0 Å². The first-order chi connectivity index (χ1) is 10.5. The maximum atomic E-state index is 14.1. The van der Waals surface area contributed by atoms with E-state index in [2.05, 4.69) is 0 Å². The van der Waals surface area contributed by atoms with Crippen molar-refractivity contribution in [2.24, 2.45) is 0 Å². The molecule has 23 heavy (non-hydrogen) atoms. The number of hydrogen-bond acceptors (Lipinski definition) is 2. The highest BCUT2D eigenvalue weighted by molar-refractivity contribution is 5.61. The minimum atomic E-state index is -1.82. The van der Waals surface area contributed by atoms with E-state index in [0.29, 0.717) is 12.1 Å². The topological polar surface area (TPSA) is 52.0 Å². The fourth-order valence-electron chi connectivity index (χ4n) is 2.62. The second-order valence-electron chi connectivity index (χ2n) is 5.53. The summed E-state index contributed by atoms with van der Waals surface area (Å²) < 4.78 is 81.6. The molecule has 0 saturated heterocycles. The molecule has 0 spiro atoms. The lowest BCUT2D eigenvalue weighted by molar-refractivity contribution is 0.413. The summed E-state index contributed by atoms with van der Waals surface area (Å²) in [5.41, 5.74) is 6.94. The zero-order valence-corrected chi connectivity index (χ0v) is 12.1. The van der Waals surface area contributed by atoms with E-state index in [4.69, 9.17) is 11.5 Å². The Kier molecular flexibility index (Phi) is 3.96. The molecule has 0 fully saturated rings. The second-order valence-corrected chi connectivity index (χ2v) is 5.53. The molecule has 0 atom stereocenters. The van der Waals surface area contributed by atoms with Gasteiger partial charge in [0.25, 0.3) is 0 Å². The molecule has 0 aliphatic heterocycles. The SMILES string of the molecule is CC(C)(c1c(N)cc(F)c(F)c1F)c1c(N)cc(F)c(F)c1F. The summed E-state index contributed by atoms with van der Waals surface area (Å²) in [7, 11) is 0. The van der Waals surface area contributed by atoms with Crippen LogP contribution in [0.15, 0.2) is 12.1 Å². The van der Waals surface area contributed by atoms with Crippen LogP contribution in [0.4, 0.5) is 37.7 Å². The van der Waals surface area contributed by atoms with E-state index in [1.807, 2.05) is 0 Å². The Morgan fingerprint density at radius 1 is 0.652 bits per heavy atom. The van der Waals surface area contributed by atoms with Gasteiger partial charge in [-0.15, -0.1) is 0 Å². The quantitative estimate of drug-likeness (QED) is 0.495. The van der Waals surface area contributed by atoms with Crippen molar-refractivity contribution in [3.05, 3.63) is 58.2 Å². The van der Waals surface area contributed by atoms with E-state index >= 15 is 0 Å². The Bertz CT molecular complexity index is 736. The summed E-state index contributed by atoms with van der Waals surface area (Å²) in [4.78, 5) is 0. The van der Waals surface area contributed by atoms with Crippen LogP contribution in [-0.4, -0.2) is 0 Å². The predicted octanol–water partition coefficient (Wildman–Crippen LogP) is 4.01. The van der Waals surface area contributed by atoms with Crippen LogP contribution in [0, 0.1) is 34.9 Å². The molecule has 4 N–H and O–H groups in total. The summed E-state index contributed by atoms with van der Waals surface area (Å²) in [6.45, 7) is 2.34. The van der Waals surface area contributed by atoms with Gasteiger partial charge in [-0.2, -0.15) is 0 Å². The molecule has 0 aliphatic rings. The number of halogens is 6. The van der Waals surface area contributed by atoms with Gasteiger partial charge >= 0.3 is 0 Å². The van der Waals surface area contributed by atoms with Crippen molar-refractivity contribution >= 4 is 11.4 Å². The van der Waals surface area contributed by atoms with Crippen LogP contribution in [0.3, 0.4) is 0 Å². The monoisotopic (exact) mass is 334 g/mol. The van der Waals surface area contributed by atoms with E-state index < -0.39 is 62.8 Å². The Balaban J connectivity index is 2.85. The third-order valence-corrected chi connectivity index (χ3v) is 3.64. The molecule has 2 aromatic rings. The Labute approximate surface area is 127 Å². The lowest BCUT2D eigenvalue weighted by Crippen LogP contribution is -2.27. The van der Waals surface area contributed by atoms with Crippen molar-refractivity contribution in [3.63, 3.8) is 0 Å². The zero-order chi connectivity index (χ0) is 17.7. The first-order valence-electron chi connectivity index (χ1n) is 6.37. The van der Waals surface area contributed by atoms with Gasteiger partial charge < -0.3 is 11.5 Å². The minimum absolute atomic E-state index is 0.517. The molecule has 0 heterocycles. The van der Waals surface area contributed by atoms with Crippen molar-refractivity contribution in [2.75, 3.05) is 11.5 Å². The third-order valence-electron chi connectivity index (χ3n) is 3.64. The highest BCUT2D eigenvalue weighted by Crippen LogP contribution is 2.42. The van der Waals surface area contributed by atoms with Gasteiger partial charge in [-0.05, 0) is 0 Å². The summed E-state index contributed by atoms with van der Waals surface area (Å²) in [6.07, 6.45) is 0. The first kappa shape index (κ1) is 17.0. The third kappa shape index (κ3) is 2.47. The van der Waals surface area contributed by atoms with Crippen LogP contribution in [0.2, 0.25) is 0 Å². The smallest absolute Gasteiger partial charge is 0.194 e. The largest absolute Gasteiger partial charge is 0.398 e. The summed E-state index contributed by atoms with van der Waals surface area (Å²) >= 11 is 0. The number of rotatable bonds is 2. The van der Waals surface area contributed by atoms with Crippen molar-refractivity contribution in [3.8, 4) is 0 Å². The minimum Gasteiger partial charge on any atom is -0.398 e. The molecular formula is C15H12F6N2. The molecule has 2 rings (SSSR count). The average Bonchev–Trinajstić information content (AvgIpc) is 2.41. The molecule has 0 aromatic heterocycles. The number of anilines is 2. The molecule has 0 aliphatic carbocycles. The number of benzene rings is 2. The van der Waals surface area contributed by atoms with Crippen LogP contribution in [0.5, 0.6) is 0 Å². The fraction of sp³-hybridized carbons (Fsp3) is 0.200. The predicted molar refractivity (Wildman–Crippen MR) is 73.6 cm³/mol. The van der Waals surface area contributed by atoms with Crippen LogP contribution >= 0.6 is 0 Å². The van der Waals surface area contributed by atoms with Crippen LogP contribution in [0.25, 0.3) is 0 Å². The number of hydrogen-bond donors (Lipinski definition) is 2. The Morgan fingerprint density at radius 3 is 1.26 bits per heavy atom. The summed E-state index contributed by atoms with van der Waals surface area (Å²) in [6, 6.07) is 1.03. The normalized spacial score (nSPS) is 11.8.